The van der Waals surface area contributed by atoms with E-state index in [1.54, 1.807) is 23.1 Å². The second kappa shape index (κ2) is 5.36. The molecular formula is C16H13F3N2O. The number of nitrogens with two attached hydrogens (primary N) is 1. The molecular weight excluding hydrogens is 293 g/mol. The first-order valence-corrected chi connectivity index (χ1v) is 6.77. The Hall–Kier alpha value is -2.50. The highest BCUT2D eigenvalue weighted by atomic mass is 19.1. The van der Waals surface area contributed by atoms with Crippen LogP contribution in [0.2, 0.25) is 0 Å². The van der Waals surface area contributed by atoms with Crippen LogP contribution < -0.4 is 10.6 Å². The molecule has 2 N–H and O–H groups in total. The van der Waals surface area contributed by atoms with Gasteiger partial charge in [-0.05, 0) is 24.1 Å². The van der Waals surface area contributed by atoms with E-state index in [1.165, 1.54) is 0 Å². The summed E-state index contributed by atoms with van der Waals surface area (Å²) in [6, 6.07) is 6.35. The van der Waals surface area contributed by atoms with E-state index in [0.29, 0.717) is 30.7 Å². The summed E-state index contributed by atoms with van der Waals surface area (Å²) in [7, 11) is 0. The molecule has 0 unspecified atom stereocenters. The molecule has 0 spiro atoms. The van der Waals surface area contributed by atoms with Gasteiger partial charge in [0, 0.05) is 42.0 Å². The van der Waals surface area contributed by atoms with E-state index in [1.807, 2.05) is 0 Å². The summed E-state index contributed by atoms with van der Waals surface area (Å²) in [4.78, 5) is 13.0. The average molecular weight is 306 g/mol. The van der Waals surface area contributed by atoms with Gasteiger partial charge >= 0.3 is 0 Å². The first kappa shape index (κ1) is 14.4. The van der Waals surface area contributed by atoms with Crippen molar-refractivity contribution >= 4 is 11.6 Å². The van der Waals surface area contributed by atoms with E-state index in [-0.39, 0.29) is 12.1 Å². The molecule has 2 aromatic rings. The van der Waals surface area contributed by atoms with Crippen LogP contribution in [0.4, 0.5) is 18.9 Å². The lowest BCUT2D eigenvalue weighted by atomic mass is 10.1. The van der Waals surface area contributed by atoms with E-state index in [2.05, 4.69) is 0 Å². The van der Waals surface area contributed by atoms with Crippen molar-refractivity contribution in [3.05, 3.63) is 64.5 Å². The minimum Gasteiger partial charge on any atom is -0.366 e. The van der Waals surface area contributed by atoms with Gasteiger partial charge in [-0.1, -0.05) is 6.07 Å². The smallest absolute Gasteiger partial charge is 0.248 e. The summed E-state index contributed by atoms with van der Waals surface area (Å²) in [5.41, 5.74) is 7.10. The minimum absolute atomic E-state index is 0.0346. The Morgan fingerprint density at radius 2 is 1.82 bits per heavy atom. The Kier molecular flexibility index (Phi) is 3.52. The number of hydrogen-bond acceptors (Lipinski definition) is 2. The van der Waals surface area contributed by atoms with E-state index < -0.39 is 23.4 Å². The van der Waals surface area contributed by atoms with Crippen LogP contribution in [-0.4, -0.2) is 12.5 Å². The number of fused-ring (bicyclic) bond motifs is 1. The van der Waals surface area contributed by atoms with Gasteiger partial charge in [0.05, 0.1) is 0 Å². The molecule has 1 aliphatic rings. The Morgan fingerprint density at radius 3 is 2.45 bits per heavy atom. The van der Waals surface area contributed by atoms with Crippen LogP contribution in [0.1, 0.15) is 21.5 Å². The monoisotopic (exact) mass is 306 g/mol. The van der Waals surface area contributed by atoms with Crippen molar-refractivity contribution in [3.63, 3.8) is 0 Å². The van der Waals surface area contributed by atoms with Crippen LogP contribution in [-0.2, 0) is 13.0 Å². The lowest BCUT2D eigenvalue weighted by Gasteiger charge is -2.20. The number of amides is 1. The molecule has 0 aromatic heterocycles. The summed E-state index contributed by atoms with van der Waals surface area (Å²) < 4.78 is 40.5. The van der Waals surface area contributed by atoms with Gasteiger partial charge in [-0.2, -0.15) is 0 Å². The highest BCUT2D eigenvalue weighted by Crippen LogP contribution is 2.31. The molecule has 0 atom stereocenters. The third-order valence-electron chi connectivity index (χ3n) is 3.82. The minimum atomic E-state index is -0.948. The van der Waals surface area contributed by atoms with Gasteiger partial charge in [-0.15, -0.1) is 0 Å². The van der Waals surface area contributed by atoms with Crippen molar-refractivity contribution in [2.24, 2.45) is 5.73 Å². The maximum Gasteiger partial charge on any atom is 0.248 e. The normalized spacial score (nSPS) is 13.3. The number of halogens is 3. The molecule has 3 nitrogen and oxygen atoms in total. The summed E-state index contributed by atoms with van der Waals surface area (Å²) in [6.07, 6.45) is 0.707. The van der Waals surface area contributed by atoms with Crippen molar-refractivity contribution in [2.45, 2.75) is 13.0 Å². The zero-order valence-electron chi connectivity index (χ0n) is 11.6. The fourth-order valence-corrected chi connectivity index (χ4v) is 2.68. The Balaban J connectivity index is 1.94. The standard InChI is InChI=1S/C16H13F3N2O/c17-11-6-13(18)12(14(19)7-11)8-21-4-3-9-1-2-10(16(20)22)5-15(9)21/h1-2,5-7H,3-4,8H2,(H2,20,22). The molecule has 1 amide bonds. The molecule has 22 heavy (non-hydrogen) atoms. The van der Waals surface area contributed by atoms with Gasteiger partial charge in [0.15, 0.2) is 0 Å². The van der Waals surface area contributed by atoms with Gasteiger partial charge in [0.1, 0.15) is 17.5 Å². The topological polar surface area (TPSA) is 46.3 Å². The molecule has 0 aliphatic carbocycles. The van der Waals surface area contributed by atoms with Gasteiger partial charge in [-0.25, -0.2) is 13.2 Å². The molecule has 0 radical (unpaired) electrons. The van der Waals surface area contributed by atoms with Crippen molar-refractivity contribution in [2.75, 3.05) is 11.4 Å². The third kappa shape index (κ3) is 2.52. The summed E-state index contributed by atoms with van der Waals surface area (Å²) in [5, 5.41) is 0. The molecule has 3 rings (SSSR count). The Labute approximate surface area is 125 Å². The first-order chi connectivity index (χ1) is 10.5. The first-order valence-electron chi connectivity index (χ1n) is 6.77. The fraction of sp³-hybridized carbons (Fsp3) is 0.188. The fourth-order valence-electron chi connectivity index (χ4n) is 2.68. The van der Waals surface area contributed by atoms with Crippen LogP contribution in [0.5, 0.6) is 0 Å². The number of rotatable bonds is 3. The summed E-state index contributed by atoms with van der Waals surface area (Å²) in [5.74, 6) is -3.35. The molecule has 0 bridgehead atoms. The summed E-state index contributed by atoms with van der Waals surface area (Å²) >= 11 is 0. The van der Waals surface area contributed by atoms with Crippen LogP contribution in [0, 0.1) is 17.5 Å². The SMILES string of the molecule is NC(=O)c1ccc2c(c1)N(Cc1c(F)cc(F)cc1F)CC2. The lowest BCUT2D eigenvalue weighted by molar-refractivity contribution is 0.100. The number of primary amides is 1. The number of carbonyl (C=O) groups excluding carboxylic acids is 1. The van der Waals surface area contributed by atoms with Crippen LogP contribution in [0.15, 0.2) is 30.3 Å². The zero-order chi connectivity index (χ0) is 15.9. The van der Waals surface area contributed by atoms with Crippen molar-refractivity contribution in [3.8, 4) is 0 Å². The highest BCUT2D eigenvalue weighted by molar-refractivity contribution is 5.94. The predicted octanol–water partition coefficient (Wildman–Crippen LogP) is 2.77. The maximum atomic E-state index is 13.8. The molecule has 0 fully saturated rings. The number of nitrogens with zero attached hydrogens (tertiary/aromatic N) is 1. The lowest BCUT2D eigenvalue weighted by Crippen LogP contribution is -2.22. The number of carbonyl (C=O) groups is 1. The van der Waals surface area contributed by atoms with E-state index in [0.717, 1.165) is 11.3 Å². The third-order valence-corrected chi connectivity index (χ3v) is 3.82. The van der Waals surface area contributed by atoms with Gasteiger partial charge in [-0.3, -0.25) is 4.79 Å². The largest absolute Gasteiger partial charge is 0.366 e. The van der Waals surface area contributed by atoms with Crippen molar-refractivity contribution < 1.29 is 18.0 Å². The maximum absolute atomic E-state index is 13.8. The number of benzene rings is 2. The Morgan fingerprint density at radius 1 is 1.14 bits per heavy atom. The second-order valence-electron chi connectivity index (χ2n) is 5.23. The van der Waals surface area contributed by atoms with Crippen LogP contribution in [0.3, 0.4) is 0 Å². The van der Waals surface area contributed by atoms with Gasteiger partial charge in [0.25, 0.3) is 0 Å². The quantitative estimate of drug-likeness (QED) is 0.948. The van der Waals surface area contributed by atoms with Crippen molar-refractivity contribution in [1.29, 1.82) is 0 Å². The molecule has 1 heterocycles. The molecule has 0 saturated heterocycles. The van der Waals surface area contributed by atoms with Crippen LogP contribution >= 0.6 is 0 Å². The van der Waals surface area contributed by atoms with Gasteiger partial charge < -0.3 is 10.6 Å². The molecule has 114 valence electrons. The van der Waals surface area contributed by atoms with E-state index in [4.69, 9.17) is 5.73 Å². The molecule has 2 aromatic carbocycles. The predicted molar refractivity (Wildman–Crippen MR) is 76.0 cm³/mol. The highest BCUT2D eigenvalue weighted by Gasteiger charge is 2.23. The van der Waals surface area contributed by atoms with E-state index >= 15 is 0 Å². The molecule has 6 heteroatoms. The number of anilines is 1. The molecule has 1 aliphatic heterocycles. The number of hydrogen-bond donors (Lipinski definition) is 1. The second-order valence-corrected chi connectivity index (χ2v) is 5.23. The van der Waals surface area contributed by atoms with Crippen LogP contribution in [0.25, 0.3) is 0 Å². The van der Waals surface area contributed by atoms with E-state index in [9.17, 15) is 18.0 Å². The van der Waals surface area contributed by atoms with Crippen molar-refractivity contribution in [1.82, 2.24) is 0 Å². The summed E-state index contributed by atoms with van der Waals surface area (Å²) in [6.45, 7) is 0.529. The van der Waals surface area contributed by atoms with Gasteiger partial charge in [0.2, 0.25) is 5.91 Å². The average Bonchev–Trinajstić information content (AvgIpc) is 2.85. The zero-order valence-corrected chi connectivity index (χ0v) is 11.6. The molecule has 0 saturated carbocycles. The Bertz CT molecular complexity index is 738.